The van der Waals surface area contributed by atoms with E-state index in [1.807, 2.05) is 42.4 Å². The third-order valence-corrected chi connectivity index (χ3v) is 5.72. The number of hydrogen-bond donors (Lipinski definition) is 1. The summed E-state index contributed by atoms with van der Waals surface area (Å²) in [7, 11) is 3.66. The maximum absolute atomic E-state index is 11.7. The molecule has 1 N–H and O–H groups in total. The van der Waals surface area contributed by atoms with E-state index in [1.54, 1.807) is 0 Å². The van der Waals surface area contributed by atoms with Gasteiger partial charge in [0.05, 0.1) is 13.2 Å². The summed E-state index contributed by atoms with van der Waals surface area (Å²) in [5, 5.41) is 7.95. The minimum Gasteiger partial charge on any atom is -0.380 e. The Labute approximate surface area is 144 Å². The molecule has 0 aliphatic heterocycles. The number of rotatable bonds is 11. The standard InChI is InChI=1S/C17H33NO2S2/c1-16(2,3)14(18)8-7-12-21-22-13-11-20-10-9-15(19)17(4,5)6/h18H,7-13H2,1-6H3. The van der Waals surface area contributed by atoms with E-state index in [4.69, 9.17) is 10.1 Å². The van der Waals surface area contributed by atoms with Crippen molar-refractivity contribution in [3.8, 4) is 0 Å². The average molecular weight is 348 g/mol. The van der Waals surface area contributed by atoms with Crippen LogP contribution in [0.2, 0.25) is 0 Å². The van der Waals surface area contributed by atoms with Crippen molar-refractivity contribution in [2.24, 2.45) is 10.8 Å². The lowest BCUT2D eigenvalue weighted by Crippen LogP contribution is -2.21. The molecule has 0 saturated heterocycles. The van der Waals surface area contributed by atoms with Crippen LogP contribution in [0.5, 0.6) is 0 Å². The Bertz CT molecular complexity index is 310. The van der Waals surface area contributed by atoms with Gasteiger partial charge in [0.15, 0.2) is 0 Å². The van der Waals surface area contributed by atoms with Crippen LogP contribution >= 0.6 is 21.6 Å². The lowest BCUT2D eigenvalue weighted by Gasteiger charge is -2.19. The van der Waals surface area contributed by atoms with Crippen LogP contribution in [-0.4, -0.2) is 36.2 Å². The van der Waals surface area contributed by atoms with Crippen molar-refractivity contribution in [1.82, 2.24) is 0 Å². The number of Topliss-reactive ketones (excluding diaryl/α,β-unsaturated/α-hetero) is 1. The van der Waals surface area contributed by atoms with Gasteiger partial charge >= 0.3 is 0 Å². The van der Waals surface area contributed by atoms with Crippen LogP contribution in [0.3, 0.4) is 0 Å². The van der Waals surface area contributed by atoms with Crippen LogP contribution in [0.15, 0.2) is 0 Å². The van der Waals surface area contributed by atoms with E-state index in [0.29, 0.717) is 19.6 Å². The first-order chi connectivity index (χ1) is 10.0. The quantitative estimate of drug-likeness (QED) is 0.315. The summed E-state index contributed by atoms with van der Waals surface area (Å²) in [5.74, 6) is 2.28. The van der Waals surface area contributed by atoms with Crippen molar-refractivity contribution in [3.63, 3.8) is 0 Å². The number of nitrogens with one attached hydrogen (secondary N) is 1. The van der Waals surface area contributed by atoms with Crippen LogP contribution < -0.4 is 0 Å². The third-order valence-electron chi connectivity index (χ3n) is 3.26. The molecule has 0 saturated carbocycles. The van der Waals surface area contributed by atoms with Gasteiger partial charge in [0, 0.05) is 29.1 Å². The van der Waals surface area contributed by atoms with Crippen molar-refractivity contribution in [2.45, 2.75) is 60.8 Å². The van der Waals surface area contributed by atoms with E-state index in [9.17, 15) is 4.79 Å². The SMILES string of the molecule is CC(C)(C)C(=N)CCCSSCCOCCC(=O)C(C)(C)C. The number of ether oxygens (including phenoxy) is 1. The molecule has 0 aromatic carbocycles. The smallest absolute Gasteiger partial charge is 0.140 e. The van der Waals surface area contributed by atoms with Crippen molar-refractivity contribution in [1.29, 1.82) is 5.41 Å². The first-order valence-corrected chi connectivity index (χ1v) is 10.5. The summed E-state index contributed by atoms with van der Waals surface area (Å²) in [6.45, 7) is 13.4. The van der Waals surface area contributed by atoms with Crippen LogP contribution in [0.4, 0.5) is 0 Å². The normalized spacial score (nSPS) is 12.5. The second-order valence-corrected chi connectivity index (χ2v) is 10.2. The highest BCUT2D eigenvalue weighted by atomic mass is 33.1. The van der Waals surface area contributed by atoms with E-state index < -0.39 is 0 Å². The molecular weight excluding hydrogens is 314 g/mol. The van der Waals surface area contributed by atoms with Gasteiger partial charge in [-0.25, -0.2) is 0 Å². The zero-order valence-corrected chi connectivity index (χ0v) is 16.7. The van der Waals surface area contributed by atoms with Gasteiger partial charge < -0.3 is 10.1 Å². The Hall–Kier alpha value is -0.0000000000000000555. The minimum absolute atomic E-state index is 0.0101. The summed E-state index contributed by atoms with van der Waals surface area (Å²) in [5.41, 5.74) is 0.593. The van der Waals surface area contributed by atoms with Crippen molar-refractivity contribution in [2.75, 3.05) is 24.7 Å². The molecule has 5 heteroatoms. The van der Waals surface area contributed by atoms with Gasteiger partial charge in [0.25, 0.3) is 0 Å². The molecule has 0 aliphatic carbocycles. The molecule has 0 fully saturated rings. The fraction of sp³-hybridized carbons (Fsp3) is 0.882. The van der Waals surface area contributed by atoms with Gasteiger partial charge in [-0.3, -0.25) is 4.79 Å². The molecule has 0 atom stereocenters. The first-order valence-electron chi connectivity index (χ1n) is 7.98. The maximum Gasteiger partial charge on any atom is 0.140 e. The predicted octanol–water partition coefficient (Wildman–Crippen LogP) is 5.24. The van der Waals surface area contributed by atoms with Crippen molar-refractivity contribution >= 4 is 33.1 Å². The summed E-state index contributed by atoms with van der Waals surface area (Å²) in [6.07, 6.45) is 2.47. The van der Waals surface area contributed by atoms with Gasteiger partial charge in [-0.2, -0.15) is 0 Å². The Morgan fingerprint density at radius 3 is 2.05 bits per heavy atom. The summed E-state index contributed by atoms with van der Waals surface area (Å²) >= 11 is 0. The second kappa shape index (κ2) is 10.7. The molecule has 0 rings (SSSR count). The van der Waals surface area contributed by atoms with Gasteiger partial charge in [0.2, 0.25) is 0 Å². The highest BCUT2D eigenvalue weighted by Gasteiger charge is 2.20. The number of carbonyl (C=O) groups excluding carboxylic acids is 1. The largest absolute Gasteiger partial charge is 0.380 e. The zero-order chi connectivity index (χ0) is 17.2. The first kappa shape index (κ1) is 22.0. The maximum atomic E-state index is 11.7. The van der Waals surface area contributed by atoms with Gasteiger partial charge in [-0.05, 0) is 18.3 Å². The lowest BCUT2D eigenvalue weighted by atomic mass is 9.88. The molecule has 0 radical (unpaired) electrons. The summed E-state index contributed by atoms with van der Waals surface area (Å²) in [4.78, 5) is 11.7. The number of hydrogen-bond acceptors (Lipinski definition) is 5. The summed E-state index contributed by atoms with van der Waals surface area (Å²) in [6, 6.07) is 0. The van der Waals surface area contributed by atoms with Crippen LogP contribution in [0.25, 0.3) is 0 Å². The van der Waals surface area contributed by atoms with Crippen molar-refractivity contribution < 1.29 is 9.53 Å². The Morgan fingerprint density at radius 2 is 1.50 bits per heavy atom. The minimum atomic E-state index is -0.255. The lowest BCUT2D eigenvalue weighted by molar-refractivity contribution is -0.127. The fourth-order valence-corrected chi connectivity index (χ4v) is 3.48. The van der Waals surface area contributed by atoms with Gasteiger partial charge in [-0.15, -0.1) is 0 Å². The van der Waals surface area contributed by atoms with E-state index >= 15 is 0 Å². The predicted molar refractivity (Wildman–Crippen MR) is 101 cm³/mol. The number of ketones is 1. The monoisotopic (exact) mass is 347 g/mol. The highest BCUT2D eigenvalue weighted by molar-refractivity contribution is 8.76. The summed E-state index contributed by atoms with van der Waals surface area (Å²) < 4.78 is 5.50. The van der Waals surface area contributed by atoms with Crippen LogP contribution in [-0.2, 0) is 9.53 Å². The Balaban J connectivity index is 3.38. The number of carbonyl (C=O) groups is 1. The Morgan fingerprint density at radius 1 is 0.909 bits per heavy atom. The third kappa shape index (κ3) is 11.6. The molecule has 0 aromatic rings. The average Bonchev–Trinajstić information content (AvgIpc) is 2.38. The van der Waals surface area contributed by atoms with E-state index in [-0.39, 0.29) is 16.6 Å². The topological polar surface area (TPSA) is 50.1 Å². The van der Waals surface area contributed by atoms with Gasteiger partial charge in [-0.1, -0.05) is 63.1 Å². The van der Waals surface area contributed by atoms with Gasteiger partial charge in [0.1, 0.15) is 5.78 Å². The molecule has 3 nitrogen and oxygen atoms in total. The molecule has 0 bridgehead atoms. The second-order valence-electron chi connectivity index (χ2n) is 7.51. The van der Waals surface area contributed by atoms with E-state index in [2.05, 4.69) is 20.8 Å². The molecule has 0 spiro atoms. The zero-order valence-electron chi connectivity index (χ0n) is 15.1. The van der Waals surface area contributed by atoms with Crippen molar-refractivity contribution in [3.05, 3.63) is 0 Å². The molecule has 0 aromatic heterocycles. The molecule has 0 aliphatic rings. The molecule has 0 heterocycles. The van der Waals surface area contributed by atoms with Crippen LogP contribution in [0, 0.1) is 16.2 Å². The fourth-order valence-electron chi connectivity index (χ4n) is 1.54. The molecule has 22 heavy (non-hydrogen) atoms. The molecular formula is C17H33NO2S2. The van der Waals surface area contributed by atoms with Crippen LogP contribution in [0.1, 0.15) is 60.8 Å². The van der Waals surface area contributed by atoms with E-state index in [1.165, 1.54) is 0 Å². The molecule has 0 amide bonds. The Kier molecular flexibility index (Phi) is 10.7. The highest BCUT2D eigenvalue weighted by Crippen LogP contribution is 2.24. The molecule has 130 valence electrons. The van der Waals surface area contributed by atoms with E-state index in [0.717, 1.165) is 30.1 Å². The molecule has 0 unspecified atom stereocenters.